The number of nitrogens with one attached hydrogen (secondary N) is 1. The van der Waals surface area contributed by atoms with Gasteiger partial charge < -0.3 is 4.52 Å². The normalized spacial score (nSPS) is 11.4. The summed E-state index contributed by atoms with van der Waals surface area (Å²) in [6.45, 7) is 9.78. The minimum atomic E-state index is -0.113. The number of carbonyl (C=O) groups is 1. The maximum Gasteiger partial charge on any atom is 0.240 e. The highest BCUT2D eigenvalue weighted by Gasteiger charge is 2.21. The first-order chi connectivity index (χ1) is 11.2. The maximum atomic E-state index is 12.3. The van der Waals surface area contributed by atoms with Gasteiger partial charge in [0.2, 0.25) is 17.7 Å². The first-order valence-electron chi connectivity index (χ1n) is 7.82. The van der Waals surface area contributed by atoms with Crippen molar-refractivity contribution in [1.29, 1.82) is 0 Å². The average Bonchev–Trinajstić information content (AvgIpc) is 2.99. The van der Waals surface area contributed by atoms with Gasteiger partial charge >= 0.3 is 0 Å². The van der Waals surface area contributed by atoms with E-state index in [1.165, 1.54) is 0 Å². The fourth-order valence-corrected chi connectivity index (χ4v) is 2.45. The van der Waals surface area contributed by atoms with Crippen molar-refractivity contribution < 1.29 is 9.32 Å². The van der Waals surface area contributed by atoms with Gasteiger partial charge in [-0.1, -0.05) is 33.4 Å². The minimum absolute atomic E-state index is 0. The van der Waals surface area contributed by atoms with Gasteiger partial charge in [-0.3, -0.25) is 10.1 Å². The molecule has 3 aromatic heterocycles. The minimum Gasteiger partial charge on any atom is -0.338 e. The first-order valence-corrected chi connectivity index (χ1v) is 7.82. The lowest BCUT2D eigenvalue weighted by atomic mass is 9.92. The van der Waals surface area contributed by atoms with Crippen molar-refractivity contribution in [2.75, 3.05) is 5.32 Å². The van der Waals surface area contributed by atoms with Gasteiger partial charge in [-0.25, -0.2) is 14.5 Å². The van der Waals surface area contributed by atoms with Gasteiger partial charge in [0, 0.05) is 18.2 Å². The number of pyridine rings is 1. The lowest BCUT2D eigenvalue weighted by Crippen LogP contribution is -2.21. The van der Waals surface area contributed by atoms with Gasteiger partial charge in [0.1, 0.15) is 5.52 Å². The molecule has 0 aromatic carbocycles. The summed E-state index contributed by atoms with van der Waals surface area (Å²) >= 11 is 0. The van der Waals surface area contributed by atoms with Gasteiger partial charge in [0.05, 0.1) is 5.69 Å². The predicted octanol–water partition coefficient (Wildman–Crippen LogP) is 4.04. The van der Waals surface area contributed by atoms with E-state index in [9.17, 15) is 4.79 Å². The Labute approximate surface area is 147 Å². The third kappa shape index (κ3) is 4.04. The van der Waals surface area contributed by atoms with Crippen LogP contribution in [0.5, 0.6) is 0 Å². The second-order valence-corrected chi connectivity index (χ2v) is 7.16. The fourth-order valence-electron chi connectivity index (χ4n) is 2.45. The largest absolute Gasteiger partial charge is 0.338 e. The molecule has 0 aliphatic carbocycles. The van der Waals surface area contributed by atoms with Crippen LogP contribution in [0.1, 0.15) is 46.0 Å². The number of imidazole rings is 1. The summed E-state index contributed by atoms with van der Waals surface area (Å²) in [5, 5.41) is 6.79. The SMILES string of the molecule is C.Cc1cc(-n2c(NC(=O)CC(C)(C)C)nc3ccc(C)nc32)on1. The van der Waals surface area contributed by atoms with E-state index in [0.717, 1.165) is 11.4 Å². The van der Waals surface area contributed by atoms with E-state index >= 15 is 0 Å². The van der Waals surface area contributed by atoms with Crippen LogP contribution >= 0.6 is 0 Å². The van der Waals surface area contributed by atoms with Crippen LogP contribution < -0.4 is 5.32 Å². The second kappa shape index (κ2) is 6.66. The molecule has 3 aromatic rings. The summed E-state index contributed by atoms with van der Waals surface area (Å²) in [5.74, 6) is 0.750. The summed E-state index contributed by atoms with van der Waals surface area (Å²) in [5.41, 5.74) is 2.79. The maximum absolute atomic E-state index is 12.3. The zero-order chi connectivity index (χ0) is 17.5. The van der Waals surface area contributed by atoms with Crippen LogP contribution in [0.2, 0.25) is 0 Å². The zero-order valence-electron chi connectivity index (χ0n) is 14.5. The van der Waals surface area contributed by atoms with Crippen molar-refractivity contribution in [3.05, 3.63) is 29.6 Å². The van der Waals surface area contributed by atoms with E-state index in [2.05, 4.69) is 20.4 Å². The Morgan fingerprint density at radius 2 is 1.92 bits per heavy atom. The van der Waals surface area contributed by atoms with Gasteiger partial charge in [-0.15, -0.1) is 0 Å². The molecule has 0 saturated heterocycles. The molecule has 1 N–H and O–H groups in total. The number of aryl methyl sites for hydroxylation is 2. The van der Waals surface area contributed by atoms with Crippen molar-refractivity contribution in [3.63, 3.8) is 0 Å². The zero-order valence-corrected chi connectivity index (χ0v) is 14.5. The Morgan fingerprint density at radius 3 is 2.52 bits per heavy atom. The van der Waals surface area contributed by atoms with Crippen LogP contribution in [-0.4, -0.2) is 25.6 Å². The van der Waals surface area contributed by atoms with Gasteiger partial charge in [0.25, 0.3) is 0 Å². The molecule has 134 valence electrons. The van der Waals surface area contributed by atoms with Gasteiger partial charge in [0.15, 0.2) is 5.65 Å². The number of aromatic nitrogens is 4. The molecule has 0 radical (unpaired) electrons. The van der Waals surface area contributed by atoms with Crippen LogP contribution in [0.4, 0.5) is 5.95 Å². The molecule has 7 nitrogen and oxygen atoms in total. The van der Waals surface area contributed by atoms with Crippen LogP contribution in [0.3, 0.4) is 0 Å². The number of hydrogen-bond donors (Lipinski definition) is 1. The third-order valence-corrected chi connectivity index (χ3v) is 3.42. The lowest BCUT2D eigenvalue weighted by molar-refractivity contribution is -0.117. The van der Waals surface area contributed by atoms with Crippen molar-refractivity contribution >= 4 is 23.0 Å². The molecule has 0 bridgehead atoms. The molecule has 0 fully saturated rings. The molecule has 1 amide bonds. The molecule has 0 aliphatic rings. The number of hydrogen-bond acceptors (Lipinski definition) is 5. The second-order valence-electron chi connectivity index (χ2n) is 7.16. The number of rotatable bonds is 3. The van der Waals surface area contributed by atoms with E-state index in [4.69, 9.17) is 4.52 Å². The van der Waals surface area contributed by atoms with Crippen molar-refractivity contribution in [2.45, 2.75) is 48.5 Å². The quantitative estimate of drug-likeness (QED) is 0.776. The molecule has 0 saturated carbocycles. The Balaban J connectivity index is 0.00000225. The van der Waals surface area contributed by atoms with E-state index in [-0.39, 0.29) is 18.7 Å². The number of anilines is 1. The van der Waals surface area contributed by atoms with Gasteiger partial charge in [-0.2, -0.15) is 0 Å². The van der Waals surface area contributed by atoms with Crippen molar-refractivity contribution in [1.82, 2.24) is 19.7 Å². The summed E-state index contributed by atoms with van der Waals surface area (Å²) in [7, 11) is 0. The fraction of sp³-hybridized carbons (Fsp3) is 0.444. The van der Waals surface area contributed by atoms with Crippen LogP contribution in [0, 0.1) is 19.3 Å². The lowest BCUT2D eigenvalue weighted by Gasteiger charge is -2.17. The highest BCUT2D eigenvalue weighted by Crippen LogP contribution is 2.25. The molecule has 0 atom stereocenters. The Morgan fingerprint density at radius 1 is 1.20 bits per heavy atom. The predicted molar refractivity (Wildman–Crippen MR) is 97.8 cm³/mol. The molecule has 7 heteroatoms. The summed E-state index contributed by atoms with van der Waals surface area (Å²) in [6, 6.07) is 5.54. The van der Waals surface area contributed by atoms with E-state index in [1.807, 2.05) is 46.8 Å². The number of fused-ring (bicyclic) bond motifs is 1. The molecule has 0 aliphatic heterocycles. The highest BCUT2D eigenvalue weighted by atomic mass is 16.5. The average molecular weight is 343 g/mol. The monoisotopic (exact) mass is 343 g/mol. The molecule has 3 rings (SSSR count). The molecule has 25 heavy (non-hydrogen) atoms. The molecular weight excluding hydrogens is 318 g/mol. The summed E-state index contributed by atoms with van der Waals surface area (Å²) in [4.78, 5) is 21.3. The Kier molecular flexibility index (Phi) is 4.97. The topological polar surface area (TPSA) is 85.8 Å². The van der Waals surface area contributed by atoms with Crippen LogP contribution in [0.25, 0.3) is 17.0 Å². The van der Waals surface area contributed by atoms with E-state index < -0.39 is 0 Å². The molecular formula is C18H25N5O2. The number of amides is 1. The van der Waals surface area contributed by atoms with Crippen molar-refractivity contribution in [3.8, 4) is 5.88 Å². The first kappa shape index (κ1) is 18.6. The van der Waals surface area contributed by atoms with Crippen molar-refractivity contribution in [2.24, 2.45) is 5.41 Å². The van der Waals surface area contributed by atoms with E-state index in [0.29, 0.717) is 29.4 Å². The van der Waals surface area contributed by atoms with Crippen LogP contribution in [0.15, 0.2) is 22.7 Å². The van der Waals surface area contributed by atoms with E-state index in [1.54, 1.807) is 10.6 Å². The standard InChI is InChI=1S/C17H21N5O2.CH4/c1-10-6-7-12-15(18-10)22(14-8-11(2)21-24-14)16(19-12)20-13(23)9-17(3,4)5;/h6-8H,9H2,1-5H3,(H,19,20,23);1H4. The smallest absolute Gasteiger partial charge is 0.240 e. The number of nitrogens with zero attached hydrogens (tertiary/aromatic N) is 4. The molecule has 0 spiro atoms. The van der Waals surface area contributed by atoms with Crippen LogP contribution in [-0.2, 0) is 4.79 Å². The van der Waals surface area contributed by atoms with Gasteiger partial charge in [-0.05, 0) is 31.4 Å². The Bertz CT molecular complexity index is 902. The number of carbonyl (C=O) groups excluding carboxylic acids is 1. The summed E-state index contributed by atoms with van der Waals surface area (Å²) < 4.78 is 7.04. The molecule has 0 unspecified atom stereocenters. The Hall–Kier alpha value is -2.70. The third-order valence-electron chi connectivity index (χ3n) is 3.42. The highest BCUT2D eigenvalue weighted by molar-refractivity contribution is 5.92. The summed E-state index contributed by atoms with van der Waals surface area (Å²) in [6.07, 6.45) is 0.387. The molecule has 3 heterocycles.